The highest BCUT2D eigenvalue weighted by Gasteiger charge is 2.36. The molecule has 176 valence electrons. The van der Waals surface area contributed by atoms with E-state index in [1.807, 2.05) is 31.1 Å². The van der Waals surface area contributed by atoms with Crippen molar-refractivity contribution in [3.63, 3.8) is 0 Å². The SMILES string of the molecule is CN(C)CCN(C(=O)C1CCCN(S(=O)(=O)c2ccccc2)C1)c1nc2ccc(Cl)cc2s1. The molecule has 33 heavy (non-hydrogen) atoms. The Kier molecular flexibility index (Phi) is 7.35. The minimum atomic E-state index is -3.64. The second kappa shape index (κ2) is 10.1. The van der Waals surface area contributed by atoms with Crippen molar-refractivity contribution in [3.05, 3.63) is 53.6 Å². The van der Waals surface area contributed by atoms with Crippen LogP contribution in [0, 0.1) is 5.92 Å². The van der Waals surface area contributed by atoms with E-state index in [9.17, 15) is 13.2 Å². The summed E-state index contributed by atoms with van der Waals surface area (Å²) in [6, 6.07) is 13.9. The number of sulfonamides is 1. The van der Waals surface area contributed by atoms with E-state index in [2.05, 4.69) is 4.98 Å². The van der Waals surface area contributed by atoms with Crippen LogP contribution in [0.1, 0.15) is 12.8 Å². The van der Waals surface area contributed by atoms with Crippen molar-refractivity contribution in [1.29, 1.82) is 0 Å². The normalized spacial score (nSPS) is 17.5. The summed E-state index contributed by atoms with van der Waals surface area (Å²) in [5.41, 5.74) is 0.791. The molecule has 2 heterocycles. The van der Waals surface area contributed by atoms with Gasteiger partial charge in [-0.2, -0.15) is 4.31 Å². The molecule has 0 radical (unpaired) electrons. The smallest absolute Gasteiger partial charge is 0.243 e. The number of likely N-dealkylation sites (N-methyl/N-ethyl adjacent to an activating group) is 1. The standard InChI is InChI=1S/C23H27ClN4O3S2/c1-26(2)13-14-28(23-25-20-11-10-18(24)15-21(20)32-23)22(29)17-7-6-12-27(16-17)33(30,31)19-8-4-3-5-9-19/h3-5,8-11,15,17H,6-7,12-14,16H2,1-2H3. The lowest BCUT2D eigenvalue weighted by molar-refractivity contribution is -0.123. The maximum atomic E-state index is 13.7. The number of fused-ring (bicyclic) bond motifs is 1. The van der Waals surface area contributed by atoms with E-state index < -0.39 is 15.9 Å². The lowest BCUT2D eigenvalue weighted by Gasteiger charge is -2.34. The Morgan fingerprint density at radius 3 is 2.67 bits per heavy atom. The van der Waals surface area contributed by atoms with Gasteiger partial charge in [-0.05, 0) is 57.3 Å². The van der Waals surface area contributed by atoms with Crippen molar-refractivity contribution in [2.24, 2.45) is 5.92 Å². The number of halogens is 1. The molecule has 0 aliphatic carbocycles. The van der Waals surface area contributed by atoms with Crippen molar-refractivity contribution < 1.29 is 13.2 Å². The van der Waals surface area contributed by atoms with Gasteiger partial charge in [0.25, 0.3) is 0 Å². The van der Waals surface area contributed by atoms with Gasteiger partial charge in [-0.3, -0.25) is 9.69 Å². The number of nitrogens with zero attached hydrogens (tertiary/aromatic N) is 4. The van der Waals surface area contributed by atoms with Crippen molar-refractivity contribution in [2.75, 3.05) is 45.2 Å². The zero-order valence-electron chi connectivity index (χ0n) is 18.6. The van der Waals surface area contributed by atoms with Crippen molar-refractivity contribution in [2.45, 2.75) is 17.7 Å². The van der Waals surface area contributed by atoms with Crippen LogP contribution >= 0.6 is 22.9 Å². The van der Waals surface area contributed by atoms with Crippen LogP contribution in [0.3, 0.4) is 0 Å². The average Bonchev–Trinajstić information content (AvgIpc) is 3.22. The third kappa shape index (κ3) is 5.38. The summed E-state index contributed by atoms with van der Waals surface area (Å²) in [7, 11) is 0.265. The lowest BCUT2D eigenvalue weighted by Crippen LogP contribution is -2.48. The molecule has 1 fully saturated rings. The van der Waals surface area contributed by atoms with Crippen LogP contribution in [-0.2, 0) is 14.8 Å². The van der Waals surface area contributed by atoms with E-state index in [4.69, 9.17) is 11.6 Å². The van der Waals surface area contributed by atoms with Crippen LogP contribution in [0.25, 0.3) is 10.2 Å². The largest absolute Gasteiger partial charge is 0.308 e. The second-order valence-corrected chi connectivity index (χ2v) is 11.8. The molecule has 4 rings (SSSR count). The molecule has 0 saturated carbocycles. The molecule has 1 unspecified atom stereocenters. The summed E-state index contributed by atoms with van der Waals surface area (Å²) in [4.78, 5) is 22.3. The average molecular weight is 507 g/mol. The maximum Gasteiger partial charge on any atom is 0.243 e. The molecule has 0 N–H and O–H groups in total. The van der Waals surface area contributed by atoms with E-state index in [1.54, 1.807) is 41.3 Å². The van der Waals surface area contributed by atoms with Gasteiger partial charge in [0.15, 0.2) is 5.13 Å². The molecule has 10 heteroatoms. The Labute approximate surface area is 203 Å². The Morgan fingerprint density at radius 1 is 1.18 bits per heavy atom. The Hall–Kier alpha value is -2.04. The number of rotatable bonds is 7. The summed E-state index contributed by atoms with van der Waals surface area (Å²) in [6.45, 7) is 1.73. The summed E-state index contributed by atoms with van der Waals surface area (Å²) in [5, 5.41) is 1.24. The molecule has 7 nitrogen and oxygen atoms in total. The van der Waals surface area contributed by atoms with Crippen LogP contribution in [0.2, 0.25) is 5.02 Å². The first-order valence-corrected chi connectivity index (χ1v) is 13.5. The number of hydrogen-bond donors (Lipinski definition) is 0. The molecule has 0 bridgehead atoms. The fourth-order valence-electron chi connectivity index (χ4n) is 3.93. The fraction of sp³-hybridized carbons (Fsp3) is 0.391. The highest BCUT2D eigenvalue weighted by atomic mass is 35.5. The first-order valence-electron chi connectivity index (χ1n) is 10.8. The molecule has 0 spiro atoms. The van der Waals surface area contributed by atoms with Crippen molar-refractivity contribution in [1.82, 2.24) is 14.2 Å². The lowest BCUT2D eigenvalue weighted by atomic mass is 9.98. The first kappa shape index (κ1) is 24.1. The predicted molar refractivity (Wildman–Crippen MR) is 133 cm³/mol. The summed E-state index contributed by atoms with van der Waals surface area (Å²) < 4.78 is 28.6. The summed E-state index contributed by atoms with van der Waals surface area (Å²) >= 11 is 7.56. The number of carbonyl (C=O) groups is 1. The molecule has 3 aromatic rings. The van der Waals surface area contributed by atoms with E-state index in [-0.39, 0.29) is 17.3 Å². The zero-order valence-corrected chi connectivity index (χ0v) is 21.0. The van der Waals surface area contributed by atoms with Gasteiger partial charge < -0.3 is 4.90 Å². The molecule has 1 amide bonds. The van der Waals surface area contributed by atoms with Gasteiger partial charge in [-0.15, -0.1) is 0 Å². The number of thiazole rings is 1. The number of benzene rings is 2. The van der Waals surface area contributed by atoms with E-state index in [0.29, 0.717) is 42.6 Å². The van der Waals surface area contributed by atoms with Gasteiger partial charge in [-0.25, -0.2) is 13.4 Å². The minimum Gasteiger partial charge on any atom is -0.308 e. The summed E-state index contributed by atoms with van der Waals surface area (Å²) in [6.07, 6.45) is 1.29. The number of carbonyl (C=O) groups excluding carboxylic acids is 1. The number of aromatic nitrogens is 1. The molecular weight excluding hydrogens is 480 g/mol. The molecule has 1 atom stereocenters. The topological polar surface area (TPSA) is 73.8 Å². The fourth-order valence-corrected chi connectivity index (χ4v) is 6.74. The zero-order chi connectivity index (χ0) is 23.6. The van der Waals surface area contributed by atoms with Gasteiger partial charge in [0.2, 0.25) is 15.9 Å². The van der Waals surface area contributed by atoms with Crippen LogP contribution in [0.4, 0.5) is 5.13 Å². The van der Waals surface area contributed by atoms with E-state index in [1.165, 1.54) is 15.6 Å². The number of hydrogen-bond acceptors (Lipinski definition) is 6. The van der Waals surface area contributed by atoms with Crippen LogP contribution in [-0.4, -0.2) is 68.8 Å². The van der Waals surface area contributed by atoms with Gasteiger partial charge in [0, 0.05) is 31.2 Å². The highest BCUT2D eigenvalue weighted by Crippen LogP contribution is 2.33. The van der Waals surface area contributed by atoms with Crippen LogP contribution in [0.15, 0.2) is 53.4 Å². The molecule has 1 saturated heterocycles. The van der Waals surface area contributed by atoms with Gasteiger partial charge in [0.1, 0.15) is 0 Å². The second-order valence-electron chi connectivity index (χ2n) is 8.42. The first-order chi connectivity index (χ1) is 15.8. The maximum absolute atomic E-state index is 13.7. The Bertz CT molecular complexity index is 1230. The van der Waals surface area contributed by atoms with E-state index >= 15 is 0 Å². The third-order valence-electron chi connectivity index (χ3n) is 5.72. The number of amides is 1. The molecule has 2 aromatic carbocycles. The van der Waals surface area contributed by atoms with E-state index in [0.717, 1.165) is 10.2 Å². The van der Waals surface area contributed by atoms with Crippen molar-refractivity contribution >= 4 is 54.2 Å². The van der Waals surface area contributed by atoms with Crippen LogP contribution < -0.4 is 4.90 Å². The van der Waals surface area contributed by atoms with Gasteiger partial charge >= 0.3 is 0 Å². The molecule has 1 aliphatic heterocycles. The Balaban J connectivity index is 1.60. The highest BCUT2D eigenvalue weighted by molar-refractivity contribution is 7.89. The third-order valence-corrected chi connectivity index (χ3v) is 8.88. The molecule has 1 aromatic heterocycles. The Morgan fingerprint density at radius 2 is 1.94 bits per heavy atom. The minimum absolute atomic E-state index is 0.0880. The van der Waals surface area contributed by atoms with Crippen LogP contribution in [0.5, 0.6) is 0 Å². The van der Waals surface area contributed by atoms with Crippen molar-refractivity contribution in [3.8, 4) is 0 Å². The van der Waals surface area contributed by atoms with Gasteiger partial charge in [0.05, 0.1) is 21.0 Å². The molecule has 1 aliphatic rings. The number of piperidine rings is 1. The predicted octanol–water partition coefficient (Wildman–Crippen LogP) is 3.95. The number of anilines is 1. The monoisotopic (exact) mass is 506 g/mol. The summed E-state index contributed by atoms with van der Waals surface area (Å²) in [5.74, 6) is -0.509. The quantitative estimate of drug-likeness (QED) is 0.485. The van der Waals surface area contributed by atoms with Gasteiger partial charge in [-0.1, -0.05) is 41.1 Å². The molecular formula is C23H27ClN4O3S2.